The summed E-state index contributed by atoms with van der Waals surface area (Å²) in [6.45, 7) is 3.34. The third kappa shape index (κ3) is 2.91. The topological polar surface area (TPSA) is 59.6 Å². The van der Waals surface area contributed by atoms with E-state index < -0.39 is 0 Å². The first-order chi connectivity index (χ1) is 9.72. The Kier molecular flexibility index (Phi) is 3.84. The summed E-state index contributed by atoms with van der Waals surface area (Å²) < 4.78 is 4.95. The van der Waals surface area contributed by atoms with E-state index in [4.69, 9.17) is 4.52 Å². The molecule has 1 amide bonds. The zero-order chi connectivity index (χ0) is 13.9. The van der Waals surface area contributed by atoms with Crippen molar-refractivity contribution in [3.63, 3.8) is 0 Å². The maximum Gasteiger partial charge on any atom is 0.280 e. The Balaban J connectivity index is 1.60. The summed E-state index contributed by atoms with van der Waals surface area (Å²) in [5.41, 5.74) is 0. The third-order valence-electron chi connectivity index (χ3n) is 3.65. The van der Waals surface area contributed by atoms with E-state index in [9.17, 15) is 4.79 Å². The van der Waals surface area contributed by atoms with Crippen LogP contribution in [0.5, 0.6) is 0 Å². The van der Waals surface area contributed by atoms with Gasteiger partial charge in [-0.2, -0.15) is 0 Å². The van der Waals surface area contributed by atoms with Crippen LogP contribution in [-0.2, 0) is 4.79 Å². The van der Waals surface area contributed by atoms with Gasteiger partial charge in [0, 0.05) is 18.9 Å². The van der Waals surface area contributed by atoms with Gasteiger partial charge in [0.15, 0.2) is 12.4 Å². The van der Waals surface area contributed by atoms with Crippen molar-refractivity contribution < 1.29 is 14.2 Å². The van der Waals surface area contributed by atoms with Gasteiger partial charge >= 0.3 is 0 Å². The second-order valence-electron chi connectivity index (χ2n) is 5.17. The molecule has 0 radical (unpaired) electrons. The number of nitrogens with zero attached hydrogens (tertiary/aromatic N) is 1. The molecule has 1 unspecified atom stereocenters. The lowest BCUT2D eigenvalue weighted by molar-refractivity contribution is -0.910. The van der Waals surface area contributed by atoms with E-state index in [1.165, 1.54) is 16.2 Å². The van der Waals surface area contributed by atoms with Gasteiger partial charge in [0.25, 0.3) is 5.91 Å². The van der Waals surface area contributed by atoms with Gasteiger partial charge in [-0.3, -0.25) is 4.79 Å². The van der Waals surface area contributed by atoms with Crippen LogP contribution >= 0.6 is 11.3 Å². The number of aryl methyl sites for hydroxylation is 1. The van der Waals surface area contributed by atoms with Gasteiger partial charge in [0.2, 0.25) is 0 Å². The second-order valence-corrected chi connectivity index (χ2v) is 6.15. The van der Waals surface area contributed by atoms with Crippen LogP contribution in [-0.4, -0.2) is 24.2 Å². The molecule has 0 spiro atoms. The molecule has 0 aliphatic carbocycles. The fourth-order valence-corrected chi connectivity index (χ4v) is 3.69. The normalized spacial score (nSPS) is 22.1. The van der Waals surface area contributed by atoms with Gasteiger partial charge in [0.1, 0.15) is 11.8 Å². The van der Waals surface area contributed by atoms with E-state index >= 15 is 0 Å². The molecular weight excluding hydrogens is 274 g/mol. The molecule has 3 rings (SSSR count). The molecule has 106 valence electrons. The molecular formula is C14H18N3O2S+. The molecule has 1 aliphatic rings. The average molecular weight is 292 g/mol. The number of nitrogens with one attached hydrogen (secondary N) is 2. The number of carbonyl (C=O) groups excluding carboxylic acids is 1. The van der Waals surface area contributed by atoms with E-state index in [2.05, 4.69) is 28.0 Å². The van der Waals surface area contributed by atoms with Crippen molar-refractivity contribution in [1.82, 2.24) is 5.16 Å². The van der Waals surface area contributed by atoms with Gasteiger partial charge in [-0.15, -0.1) is 11.3 Å². The van der Waals surface area contributed by atoms with Crippen molar-refractivity contribution in [3.8, 4) is 0 Å². The van der Waals surface area contributed by atoms with E-state index in [0.29, 0.717) is 24.2 Å². The van der Waals surface area contributed by atoms with Crippen LogP contribution in [0.2, 0.25) is 0 Å². The molecule has 5 nitrogen and oxygen atoms in total. The van der Waals surface area contributed by atoms with Crippen LogP contribution in [0.1, 0.15) is 29.5 Å². The van der Waals surface area contributed by atoms with Crippen LogP contribution in [0, 0.1) is 6.92 Å². The van der Waals surface area contributed by atoms with E-state index in [1.54, 1.807) is 24.3 Å². The first-order valence-electron chi connectivity index (χ1n) is 6.83. The Morgan fingerprint density at radius 2 is 2.55 bits per heavy atom. The smallest absolute Gasteiger partial charge is 0.280 e. The number of anilines is 1. The molecule has 2 N–H and O–H groups in total. The third-order valence-corrected chi connectivity index (χ3v) is 4.64. The van der Waals surface area contributed by atoms with Gasteiger partial charge in [-0.25, -0.2) is 0 Å². The van der Waals surface area contributed by atoms with Crippen LogP contribution in [0.3, 0.4) is 0 Å². The molecule has 3 heterocycles. The second kappa shape index (κ2) is 5.76. The van der Waals surface area contributed by atoms with Gasteiger partial charge in [-0.05, 0) is 18.4 Å². The van der Waals surface area contributed by atoms with Crippen molar-refractivity contribution in [3.05, 3.63) is 34.2 Å². The summed E-state index contributed by atoms with van der Waals surface area (Å²) >= 11 is 1.78. The minimum Gasteiger partial charge on any atom is -0.360 e. The first kappa shape index (κ1) is 13.3. The van der Waals surface area contributed by atoms with Crippen LogP contribution in [0.25, 0.3) is 0 Å². The Labute approximate surface area is 121 Å². The Morgan fingerprint density at radius 3 is 3.25 bits per heavy atom. The van der Waals surface area contributed by atoms with Crippen LogP contribution < -0.4 is 10.2 Å². The fourth-order valence-electron chi connectivity index (χ4n) is 2.77. The zero-order valence-electron chi connectivity index (χ0n) is 11.4. The lowest BCUT2D eigenvalue weighted by Gasteiger charge is -2.19. The maximum absolute atomic E-state index is 12.1. The molecule has 1 aliphatic heterocycles. The molecule has 0 bridgehead atoms. The summed E-state index contributed by atoms with van der Waals surface area (Å²) in [6.07, 6.45) is 2.33. The zero-order valence-corrected chi connectivity index (χ0v) is 12.2. The number of rotatable bonds is 4. The van der Waals surface area contributed by atoms with Crippen molar-refractivity contribution in [1.29, 1.82) is 0 Å². The summed E-state index contributed by atoms with van der Waals surface area (Å²) in [4.78, 5) is 14.8. The minimum absolute atomic E-state index is 0.00300. The number of thiophene rings is 1. The summed E-state index contributed by atoms with van der Waals surface area (Å²) in [5, 5.41) is 8.68. The quantitative estimate of drug-likeness (QED) is 0.895. The minimum atomic E-state index is -0.00300. The Bertz CT molecular complexity index is 579. The average Bonchev–Trinajstić information content (AvgIpc) is 3.10. The van der Waals surface area contributed by atoms with E-state index in [0.717, 1.165) is 13.0 Å². The standard InChI is InChI=1S/C14H17N3O2S/c1-10-8-13(16-19-10)15-14(18)9-17-6-2-4-11(17)12-5-3-7-20-12/h3,5,7-8,11H,2,4,6,9H2,1H3,(H,15,16,18)/p+1/t11-/m0/s1. The predicted octanol–water partition coefficient (Wildman–Crippen LogP) is 1.40. The molecule has 2 aromatic rings. The Hall–Kier alpha value is -1.66. The fraction of sp³-hybridized carbons (Fsp3) is 0.429. The highest BCUT2D eigenvalue weighted by atomic mass is 32.1. The lowest BCUT2D eigenvalue weighted by Crippen LogP contribution is -3.11. The van der Waals surface area contributed by atoms with Crippen LogP contribution in [0.15, 0.2) is 28.1 Å². The molecule has 0 aromatic carbocycles. The molecule has 1 fully saturated rings. The van der Waals surface area contributed by atoms with Gasteiger partial charge < -0.3 is 14.7 Å². The highest BCUT2D eigenvalue weighted by Crippen LogP contribution is 2.23. The van der Waals surface area contributed by atoms with E-state index in [-0.39, 0.29) is 5.91 Å². The monoisotopic (exact) mass is 292 g/mol. The molecule has 6 heteroatoms. The number of amides is 1. The highest BCUT2D eigenvalue weighted by Gasteiger charge is 2.32. The molecule has 20 heavy (non-hydrogen) atoms. The van der Waals surface area contributed by atoms with Crippen molar-refractivity contribution in [2.45, 2.75) is 25.8 Å². The number of hydrogen-bond acceptors (Lipinski definition) is 4. The van der Waals surface area contributed by atoms with E-state index in [1.807, 2.05) is 0 Å². The van der Waals surface area contributed by atoms with Gasteiger partial charge in [0.05, 0.1) is 11.4 Å². The molecule has 2 atom stereocenters. The molecule has 1 saturated heterocycles. The SMILES string of the molecule is Cc1cc(NC(=O)C[NH+]2CCC[C@H]2c2cccs2)no1. The number of likely N-dealkylation sites (tertiary alicyclic amines) is 1. The summed E-state index contributed by atoms with van der Waals surface area (Å²) in [5.74, 6) is 1.20. The predicted molar refractivity (Wildman–Crippen MR) is 76.9 cm³/mol. The van der Waals surface area contributed by atoms with Crippen molar-refractivity contribution in [2.75, 3.05) is 18.4 Å². The van der Waals surface area contributed by atoms with Gasteiger partial charge in [-0.1, -0.05) is 11.2 Å². The lowest BCUT2D eigenvalue weighted by atomic mass is 10.2. The largest absolute Gasteiger partial charge is 0.360 e. The number of quaternary nitrogens is 1. The number of aromatic nitrogens is 1. The van der Waals surface area contributed by atoms with Crippen molar-refractivity contribution in [2.24, 2.45) is 0 Å². The Morgan fingerprint density at radius 1 is 1.65 bits per heavy atom. The number of hydrogen-bond donors (Lipinski definition) is 2. The number of carbonyl (C=O) groups is 1. The summed E-state index contributed by atoms with van der Waals surface area (Å²) in [7, 11) is 0. The highest BCUT2D eigenvalue weighted by molar-refractivity contribution is 7.10. The first-order valence-corrected chi connectivity index (χ1v) is 7.71. The van der Waals surface area contributed by atoms with Crippen molar-refractivity contribution >= 4 is 23.1 Å². The summed E-state index contributed by atoms with van der Waals surface area (Å²) in [6, 6.07) is 6.43. The molecule has 2 aromatic heterocycles. The van der Waals surface area contributed by atoms with Crippen LogP contribution in [0.4, 0.5) is 5.82 Å². The molecule has 0 saturated carbocycles. The maximum atomic E-state index is 12.1.